The molecule has 254 valence electrons. The third kappa shape index (κ3) is 4.87. The smallest absolute Gasteiger partial charge is 0.459 e. The molecule has 0 saturated carbocycles. The second kappa shape index (κ2) is 10.5. The number of nitrogens with zero attached hydrogens (tertiary/aromatic N) is 2. The van der Waals surface area contributed by atoms with Gasteiger partial charge in [0.05, 0.1) is 60.0 Å². The monoisotopic (exact) mass is 696 g/mol. The van der Waals surface area contributed by atoms with E-state index in [2.05, 4.69) is 9.47 Å². The quantitative estimate of drug-likeness (QED) is 0.260. The first kappa shape index (κ1) is 35.9. The van der Waals surface area contributed by atoms with Crippen molar-refractivity contribution in [3.63, 3.8) is 0 Å². The molecule has 46 heavy (non-hydrogen) atoms. The number of halogens is 14. The minimum Gasteiger partial charge on any atom is -0.465 e. The number of aromatic nitrogens is 2. The number of hydrogen-bond acceptors (Lipinski definition) is 8. The van der Waals surface area contributed by atoms with Gasteiger partial charge < -0.3 is 9.47 Å². The van der Waals surface area contributed by atoms with Gasteiger partial charge in [-0.1, -0.05) is 0 Å². The van der Waals surface area contributed by atoms with Crippen LogP contribution in [0.5, 0.6) is 0 Å². The highest BCUT2D eigenvalue weighted by molar-refractivity contribution is 6.24. The highest BCUT2D eigenvalue weighted by Gasteiger charge is 2.74. The molecule has 0 amide bonds. The van der Waals surface area contributed by atoms with Crippen LogP contribution in [0.4, 0.5) is 61.5 Å². The fourth-order valence-electron chi connectivity index (χ4n) is 4.24. The third-order valence-electron chi connectivity index (χ3n) is 6.46. The summed E-state index contributed by atoms with van der Waals surface area (Å²) in [6.07, 6.45) is -14.0. The standard InChI is InChI=1S/C22H10F14N2O8/c1-45-15(43)9-5-7(13(41)37(11(5)39)3-17(23,24)19(27,28)21(31,32)33)10(16(44)46-2)8-6(9)12(40)38(14(8)42)4-18(25,26)20(29,30)22(34,35)36/h3-4H2,1-2H3. The maximum absolute atomic E-state index is 14.2. The van der Waals surface area contributed by atoms with Crippen molar-refractivity contribution in [3.8, 4) is 0 Å². The summed E-state index contributed by atoms with van der Waals surface area (Å²) in [7, 11) is 0.785. The van der Waals surface area contributed by atoms with Crippen LogP contribution in [0.15, 0.2) is 19.2 Å². The molecule has 2 aromatic heterocycles. The van der Waals surface area contributed by atoms with Gasteiger partial charge in [0.1, 0.15) is 0 Å². The topological polar surface area (TPSA) is 131 Å². The molecule has 0 spiro atoms. The molecule has 0 bridgehead atoms. The van der Waals surface area contributed by atoms with E-state index >= 15 is 0 Å². The van der Waals surface area contributed by atoms with E-state index in [1.807, 2.05) is 0 Å². The summed E-state index contributed by atoms with van der Waals surface area (Å²) in [5, 5.41) is -7.23. The largest absolute Gasteiger partial charge is 0.465 e. The number of hydrogen-bond donors (Lipinski definition) is 0. The van der Waals surface area contributed by atoms with Crippen molar-refractivity contribution in [2.75, 3.05) is 14.2 Å². The number of ether oxygens (including phenoxy) is 2. The summed E-state index contributed by atoms with van der Waals surface area (Å²) >= 11 is 0. The van der Waals surface area contributed by atoms with Crippen LogP contribution in [0.3, 0.4) is 0 Å². The van der Waals surface area contributed by atoms with Crippen LogP contribution in [0.1, 0.15) is 20.7 Å². The summed E-state index contributed by atoms with van der Waals surface area (Å²) in [5.41, 5.74) is -13.4. The molecule has 0 aliphatic carbocycles. The van der Waals surface area contributed by atoms with Crippen LogP contribution in [0.2, 0.25) is 0 Å². The zero-order valence-corrected chi connectivity index (χ0v) is 21.9. The van der Waals surface area contributed by atoms with Gasteiger partial charge in [-0.25, -0.2) is 9.59 Å². The fraction of sp³-hybridized carbons (Fsp3) is 0.455. The maximum atomic E-state index is 14.2. The predicted molar refractivity (Wildman–Crippen MR) is 119 cm³/mol. The minimum atomic E-state index is -7.00. The van der Waals surface area contributed by atoms with Crippen LogP contribution in [-0.4, -0.2) is 71.3 Å². The van der Waals surface area contributed by atoms with Crippen LogP contribution in [0.25, 0.3) is 21.5 Å². The van der Waals surface area contributed by atoms with Crippen molar-refractivity contribution in [3.05, 3.63) is 52.5 Å². The summed E-state index contributed by atoms with van der Waals surface area (Å²) in [4.78, 5) is 77.4. The Bertz CT molecular complexity index is 1760. The normalized spacial score (nSPS) is 13.9. The van der Waals surface area contributed by atoms with Gasteiger partial charge in [0.25, 0.3) is 22.2 Å². The zero-order chi connectivity index (χ0) is 35.9. The van der Waals surface area contributed by atoms with E-state index in [4.69, 9.17) is 0 Å². The number of rotatable bonds is 8. The van der Waals surface area contributed by atoms with Gasteiger partial charge >= 0.3 is 48.0 Å². The number of carbonyl (C=O) groups is 2. The van der Waals surface area contributed by atoms with Crippen LogP contribution in [0, 0.1) is 0 Å². The summed E-state index contributed by atoms with van der Waals surface area (Å²) in [6, 6.07) is 0. The van der Waals surface area contributed by atoms with E-state index in [0.29, 0.717) is 14.2 Å². The Labute approximate surface area is 240 Å². The molecular formula is C22H10F14N2O8. The average molecular weight is 696 g/mol. The number of esters is 2. The van der Waals surface area contributed by atoms with Crippen molar-refractivity contribution < 1.29 is 80.5 Å². The first-order valence-electron chi connectivity index (χ1n) is 11.3. The van der Waals surface area contributed by atoms with E-state index in [0.717, 1.165) is 0 Å². The number of benzene rings is 1. The van der Waals surface area contributed by atoms with Gasteiger partial charge in [-0.15, -0.1) is 0 Å². The Balaban J connectivity index is 2.62. The van der Waals surface area contributed by atoms with Gasteiger partial charge in [0.15, 0.2) is 0 Å². The van der Waals surface area contributed by atoms with Crippen molar-refractivity contribution in [1.82, 2.24) is 9.13 Å². The Kier molecular flexibility index (Phi) is 8.20. The number of methoxy groups -OCH3 is 2. The van der Waals surface area contributed by atoms with E-state index in [9.17, 15) is 90.2 Å². The average Bonchev–Trinajstić information content (AvgIpc) is 3.29. The lowest BCUT2D eigenvalue weighted by atomic mass is 9.96. The molecule has 3 aromatic rings. The van der Waals surface area contributed by atoms with Crippen LogP contribution >= 0.6 is 0 Å². The molecule has 0 N–H and O–H groups in total. The minimum absolute atomic E-state index is 0.392. The second-order valence-electron chi connectivity index (χ2n) is 9.18. The first-order chi connectivity index (χ1) is 20.6. The first-order valence-corrected chi connectivity index (χ1v) is 11.3. The van der Waals surface area contributed by atoms with E-state index in [-0.39, 0.29) is 0 Å². The number of carbonyl (C=O) groups excluding carboxylic acids is 2. The molecule has 24 heteroatoms. The van der Waals surface area contributed by atoms with Gasteiger partial charge in [-0.2, -0.15) is 61.5 Å². The van der Waals surface area contributed by atoms with Gasteiger partial charge in [-0.05, 0) is 0 Å². The van der Waals surface area contributed by atoms with E-state index in [1.54, 1.807) is 0 Å². The van der Waals surface area contributed by atoms with Crippen LogP contribution < -0.4 is 22.2 Å². The van der Waals surface area contributed by atoms with Crippen molar-refractivity contribution in [2.45, 2.75) is 49.1 Å². The SMILES string of the molecule is COC(=O)c1c2c(=O)n(CC(F)(F)C(F)(F)C(F)(F)F)c(=O)c2c(C(=O)OC)c2c(=O)n(CC(F)(F)C(F)(F)C(F)(F)F)c(=O)c12. The van der Waals surface area contributed by atoms with E-state index < -0.39 is 125 Å². The molecule has 0 atom stereocenters. The molecular weight excluding hydrogens is 686 g/mol. The van der Waals surface area contributed by atoms with Gasteiger partial charge in [0.2, 0.25) is 0 Å². The molecule has 1 aromatic carbocycles. The Morgan fingerprint density at radius 1 is 0.500 bits per heavy atom. The molecule has 10 nitrogen and oxygen atoms in total. The van der Waals surface area contributed by atoms with Gasteiger partial charge in [-0.3, -0.25) is 28.3 Å². The Morgan fingerprint density at radius 2 is 0.717 bits per heavy atom. The highest BCUT2D eigenvalue weighted by atomic mass is 19.4. The van der Waals surface area contributed by atoms with Crippen molar-refractivity contribution in [1.29, 1.82) is 0 Å². The zero-order valence-electron chi connectivity index (χ0n) is 21.9. The van der Waals surface area contributed by atoms with Crippen LogP contribution in [-0.2, 0) is 22.6 Å². The highest BCUT2D eigenvalue weighted by Crippen LogP contribution is 2.48. The summed E-state index contributed by atoms with van der Waals surface area (Å²) < 4.78 is 193. The number of alkyl halides is 14. The molecule has 0 radical (unpaired) electrons. The molecule has 0 saturated heterocycles. The predicted octanol–water partition coefficient (Wildman–Crippen LogP) is 3.15. The van der Waals surface area contributed by atoms with Crippen molar-refractivity contribution >= 4 is 33.5 Å². The van der Waals surface area contributed by atoms with Gasteiger partial charge in [0, 0.05) is 0 Å². The summed E-state index contributed by atoms with van der Waals surface area (Å²) in [6.45, 7) is -6.30. The third-order valence-corrected chi connectivity index (χ3v) is 6.46. The fourth-order valence-corrected chi connectivity index (χ4v) is 4.24. The van der Waals surface area contributed by atoms with Crippen molar-refractivity contribution in [2.24, 2.45) is 0 Å². The lowest BCUT2D eigenvalue weighted by Crippen LogP contribution is -2.55. The Hall–Kier alpha value is -4.54. The maximum Gasteiger partial charge on any atom is 0.459 e. The molecule has 0 aliphatic rings. The lowest BCUT2D eigenvalue weighted by molar-refractivity contribution is -0.357. The molecule has 0 unspecified atom stereocenters. The molecule has 2 heterocycles. The lowest BCUT2D eigenvalue weighted by Gasteiger charge is -2.27. The van der Waals surface area contributed by atoms with E-state index in [1.165, 1.54) is 0 Å². The Morgan fingerprint density at radius 3 is 0.891 bits per heavy atom. The molecule has 0 aliphatic heterocycles. The summed E-state index contributed by atoms with van der Waals surface area (Å²) in [5.74, 6) is -30.8. The molecule has 0 fully saturated rings. The second-order valence-corrected chi connectivity index (χ2v) is 9.18. The number of fused-ring (bicyclic) bond motifs is 2. The molecule has 3 rings (SSSR count).